The number of nitrogens with two attached hydrogens (primary N) is 1. The summed E-state index contributed by atoms with van der Waals surface area (Å²) in [7, 11) is 0. The molecule has 1 aromatic rings. The van der Waals surface area contributed by atoms with Gasteiger partial charge in [0.1, 0.15) is 11.6 Å². The number of rotatable bonds is 7. The van der Waals surface area contributed by atoms with Crippen LogP contribution in [0, 0.1) is 0 Å². The molecule has 17 heavy (non-hydrogen) atoms. The van der Waals surface area contributed by atoms with Crippen molar-refractivity contribution in [1.29, 1.82) is 0 Å². The summed E-state index contributed by atoms with van der Waals surface area (Å²) in [4.78, 5) is 18.4. The summed E-state index contributed by atoms with van der Waals surface area (Å²) >= 11 is 0. The SMILES string of the molecule is CC(C)c1nc(NCCOCCN)cc(=O)[nH]1. The van der Waals surface area contributed by atoms with Gasteiger partial charge in [0.15, 0.2) is 0 Å². The number of aromatic nitrogens is 2. The molecule has 0 unspecified atom stereocenters. The zero-order valence-electron chi connectivity index (χ0n) is 10.3. The van der Waals surface area contributed by atoms with Crippen LogP contribution in [0.1, 0.15) is 25.6 Å². The highest BCUT2D eigenvalue weighted by Gasteiger charge is 2.04. The van der Waals surface area contributed by atoms with Gasteiger partial charge in [-0.25, -0.2) is 4.98 Å². The molecule has 0 aliphatic heterocycles. The molecule has 4 N–H and O–H groups in total. The van der Waals surface area contributed by atoms with E-state index < -0.39 is 0 Å². The third kappa shape index (κ3) is 4.97. The monoisotopic (exact) mass is 240 g/mol. The Hall–Kier alpha value is -1.40. The molecule has 0 aromatic carbocycles. The number of nitrogens with one attached hydrogen (secondary N) is 2. The summed E-state index contributed by atoms with van der Waals surface area (Å²) in [5.74, 6) is 1.45. The molecule has 1 aromatic heterocycles. The molecule has 0 aliphatic carbocycles. The molecule has 0 bridgehead atoms. The number of hydrogen-bond donors (Lipinski definition) is 3. The number of nitrogens with zero attached hydrogens (tertiary/aromatic N) is 1. The molecule has 0 atom stereocenters. The Morgan fingerprint density at radius 2 is 2.29 bits per heavy atom. The first-order valence-electron chi connectivity index (χ1n) is 5.76. The Bertz CT molecular complexity index is 389. The van der Waals surface area contributed by atoms with Crippen molar-refractivity contribution < 1.29 is 4.74 Å². The van der Waals surface area contributed by atoms with Crippen LogP contribution in [0.5, 0.6) is 0 Å². The highest BCUT2D eigenvalue weighted by molar-refractivity contribution is 5.33. The lowest BCUT2D eigenvalue weighted by molar-refractivity contribution is 0.151. The maximum absolute atomic E-state index is 11.4. The predicted octanol–water partition coefficient (Wildman–Crippen LogP) is 0.281. The quantitative estimate of drug-likeness (QED) is 0.595. The molecule has 1 heterocycles. The van der Waals surface area contributed by atoms with E-state index >= 15 is 0 Å². The van der Waals surface area contributed by atoms with E-state index in [2.05, 4.69) is 15.3 Å². The Morgan fingerprint density at radius 1 is 1.53 bits per heavy atom. The minimum Gasteiger partial charge on any atom is -0.378 e. The van der Waals surface area contributed by atoms with Crippen LogP contribution in [0.15, 0.2) is 10.9 Å². The van der Waals surface area contributed by atoms with Crippen molar-refractivity contribution in [3.05, 3.63) is 22.2 Å². The normalized spacial score (nSPS) is 10.8. The Labute approximate surface area is 101 Å². The van der Waals surface area contributed by atoms with E-state index in [-0.39, 0.29) is 11.5 Å². The second-order valence-corrected chi connectivity index (χ2v) is 4.00. The minimum absolute atomic E-state index is 0.144. The summed E-state index contributed by atoms with van der Waals surface area (Å²) < 4.78 is 5.21. The van der Waals surface area contributed by atoms with Crippen LogP contribution < -0.4 is 16.6 Å². The Morgan fingerprint density at radius 3 is 2.94 bits per heavy atom. The van der Waals surface area contributed by atoms with Crippen LogP contribution in [-0.2, 0) is 4.74 Å². The van der Waals surface area contributed by atoms with Gasteiger partial charge in [0, 0.05) is 25.1 Å². The number of ether oxygens (including phenoxy) is 1. The lowest BCUT2D eigenvalue weighted by Gasteiger charge is -2.09. The average Bonchev–Trinajstić information content (AvgIpc) is 2.28. The summed E-state index contributed by atoms with van der Waals surface area (Å²) in [6.45, 7) is 6.16. The highest BCUT2D eigenvalue weighted by Crippen LogP contribution is 2.08. The molecular formula is C11H20N4O2. The largest absolute Gasteiger partial charge is 0.378 e. The molecule has 6 nitrogen and oxygen atoms in total. The maximum atomic E-state index is 11.4. The van der Waals surface area contributed by atoms with Gasteiger partial charge in [-0.3, -0.25) is 4.79 Å². The molecule has 0 fully saturated rings. The van der Waals surface area contributed by atoms with Gasteiger partial charge < -0.3 is 20.8 Å². The van der Waals surface area contributed by atoms with Crippen molar-refractivity contribution in [2.75, 3.05) is 31.6 Å². The van der Waals surface area contributed by atoms with E-state index in [4.69, 9.17) is 10.5 Å². The van der Waals surface area contributed by atoms with Crippen LogP contribution in [0.25, 0.3) is 0 Å². The van der Waals surface area contributed by atoms with Gasteiger partial charge in [-0.2, -0.15) is 0 Å². The number of aromatic amines is 1. The van der Waals surface area contributed by atoms with E-state index in [0.29, 0.717) is 37.9 Å². The summed E-state index contributed by atoms with van der Waals surface area (Å²) in [5.41, 5.74) is 5.15. The van der Waals surface area contributed by atoms with Gasteiger partial charge in [0.2, 0.25) is 0 Å². The molecule has 0 saturated heterocycles. The average molecular weight is 240 g/mol. The zero-order valence-corrected chi connectivity index (χ0v) is 10.3. The van der Waals surface area contributed by atoms with Crippen molar-refractivity contribution in [3.8, 4) is 0 Å². The lowest BCUT2D eigenvalue weighted by atomic mass is 10.2. The standard InChI is InChI=1S/C11H20N4O2/c1-8(2)11-14-9(7-10(16)15-11)13-4-6-17-5-3-12/h7-8H,3-6,12H2,1-2H3,(H2,13,14,15,16). The van der Waals surface area contributed by atoms with Crippen LogP contribution in [0.4, 0.5) is 5.82 Å². The predicted molar refractivity (Wildman–Crippen MR) is 67.3 cm³/mol. The molecular weight excluding hydrogens is 220 g/mol. The van der Waals surface area contributed by atoms with Gasteiger partial charge in [-0.15, -0.1) is 0 Å². The molecule has 0 radical (unpaired) electrons. The van der Waals surface area contributed by atoms with Crippen LogP contribution in [0.3, 0.4) is 0 Å². The first kappa shape index (κ1) is 13.7. The van der Waals surface area contributed by atoms with Gasteiger partial charge in [-0.05, 0) is 0 Å². The van der Waals surface area contributed by atoms with Gasteiger partial charge in [0.25, 0.3) is 5.56 Å². The first-order valence-corrected chi connectivity index (χ1v) is 5.76. The molecule has 6 heteroatoms. The fourth-order valence-corrected chi connectivity index (χ4v) is 1.28. The van der Waals surface area contributed by atoms with Crippen molar-refractivity contribution in [1.82, 2.24) is 9.97 Å². The van der Waals surface area contributed by atoms with E-state index in [9.17, 15) is 4.79 Å². The molecule has 96 valence electrons. The Balaban J connectivity index is 2.50. The van der Waals surface area contributed by atoms with Crippen LogP contribution in [0.2, 0.25) is 0 Å². The van der Waals surface area contributed by atoms with Gasteiger partial charge in [-0.1, -0.05) is 13.8 Å². The van der Waals surface area contributed by atoms with E-state index in [1.807, 2.05) is 13.8 Å². The van der Waals surface area contributed by atoms with E-state index in [1.165, 1.54) is 6.07 Å². The molecule has 0 spiro atoms. The fourth-order valence-electron chi connectivity index (χ4n) is 1.28. The first-order chi connectivity index (χ1) is 8.13. The summed E-state index contributed by atoms with van der Waals surface area (Å²) in [6, 6.07) is 1.44. The third-order valence-electron chi connectivity index (χ3n) is 2.12. The second kappa shape index (κ2) is 7.03. The number of anilines is 1. The van der Waals surface area contributed by atoms with Crippen molar-refractivity contribution in [2.24, 2.45) is 5.73 Å². The molecule has 1 rings (SSSR count). The second-order valence-electron chi connectivity index (χ2n) is 4.00. The fraction of sp³-hybridized carbons (Fsp3) is 0.636. The third-order valence-corrected chi connectivity index (χ3v) is 2.12. The number of hydrogen-bond acceptors (Lipinski definition) is 5. The van der Waals surface area contributed by atoms with E-state index in [1.54, 1.807) is 0 Å². The van der Waals surface area contributed by atoms with Crippen molar-refractivity contribution in [2.45, 2.75) is 19.8 Å². The van der Waals surface area contributed by atoms with Crippen LogP contribution in [-0.4, -0.2) is 36.3 Å². The molecule has 0 aliphatic rings. The maximum Gasteiger partial charge on any atom is 0.252 e. The van der Waals surface area contributed by atoms with Gasteiger partial charge >= 0.3 is 0 Å². The summed E-state index contributed by atoms with van der Waals surface area (Å²) in [6.07, 6.45) is 0. The van der Waals surface area contributed by atoms with Crippen LogP contribution >= 0.6 is 0 Å². The smallest absolute Gasteiger partial charge is 0.252 e. The molecule has 0 amide bonds. The number of H-pyrrole nitrogens is 1. The van der Waals surface area contributed by atoms with E-state index in [0.717, 1.165) is 0 Å². The lowest BCUT2D eigenvalue weighted by Crippen LogP contribution is -2.18. The van der Waals surface area contributed by atoms with Crippen molar-refractivity contribution in [3.63, 3.8) is 0 Å². The molecule has 0 saturated carbocycles. The highest BCUT2D eigenvalue weighted by atomic mass is 16.5. The topological polar surface area (TPSA) is 93.0 Å². The van der Waals surface area contributed by atoms with Crippen molar-refractivity contribution >= 4 is 5.82 Å². The zero-order chi connectivity index (χ0) is 12.7. The minimum atomic E-state index is -0.144. The summed E-state index contributed by atoms with van der Waals surface area (Å²) in [5, 5.41) is 3.04. The Kier molecular flexibility index (Phi) is 5.65. The van der Waals surface area contributed by atoms with Gasteiger partial charge in [0.05, 0.1) is 13.2 Å².